The van der Waals surface area contributed by atoms with Gasteiger partial charge in [-0.1, -0.05) is 41.6 Å². The molecule has 0 saturated heterocycles. The van der Waals surface area contributed by atoms with Crippen LogP contribution in [0.15, 0.2) is 45.7 Å². The lowest BCUT2D eigenvalue weighted by molar-refractivity contribution is 0.967. The molecule has 1 N–H and O–H groups in total. The van der Waals surface area contributed by atoms with Crippen molar-refractivity contribution in [1.82, 2.24) is 24.6 Å². The van der Waals surface area contributed by atoms with Crippen molar-refractivity contribution in [2.24, 2.45) is 0 Å². The number of aromatic amines is 1. The molecule has 0 spiro atoms. The van der Waals surface area contributed by atoms with Crippen molar-refractivity contribution in [3.63, 3.8) is 0 Å². The Kier molecular flexibility index (Phi) is 4.14. The van der Waals surface area contributed by atoms with Gasteiger partial charge in [0, 0.05) is 28.5 Å². The number of H-pyrrole nitrogens is 1. The van der Waals surface area contributed by atoms with Crippen LogP contribution in [0.25, 0.3) is 16.3 Å². The standard InChI is InChI=1S/C17H15N5OS2/c1-10-3-5-12(6-4-10)15-19-16(21-20-15)24-9-13-7-14(23)22-11(2)8-25-17(22)18-13/h3-8H,9H2,1-2H3,(H,19,20,21). The lowest BCUT2D eigenvalue weighted by atomic mass is 10.1. The van der Waals surface area contributed by atoms with E-state index in [0.29, 0.717) is 10.9 Å². The van der Waals surface area contributed by atoms with Crippen LogP contribution >= 0.6 is 23.1 Å². The number of nitrogens with one attached hydrogen (secondary N) is 1. The summed E-state index contributed by atoms with van der Waals surface area (Å²) in [6, 6.07) is 9.69. The number of thioether (sulfide) groups is 1. The lowest BCUT2D eigenvalue weighted by Gasteiger charge is -2.00. The van der Waals surface area contributed by atoms with E-state index in [1.807, 2.05) is 43.5 Å². The molecule has 0 radical (unpaired) electrons. The van der Waals surface area contributed by atoms with Gasteiger partial charge in [-0.15, -0.1) is 16.4 Å². The molecule has 8 heteroatoms. The monoisotopic (exact) mass is 369 g/mol. The average molecular weight is 369 g/mol. The molecule has 126 valence electrons. The van der Waals surface area contributed by atoms with Crippen LogP contribution in [0.1, 0.15) is 17.0 Å². The van der Waals surface area contributed by atoms with Crippen molar-refractivity contribution in [3.05, 3.63) is 63.0 Å². The van der Waals surface area contributed by atoms with Crippen LogP contribution in [0.5, 0.6) is 0 Å². The Hall–Kier alpha value is -2.45. The average Bonchev–Trinajstić information content (AvgIpc) is 3.21. The Morgan fingerprint density at radius 3 is 2.80 bits per heavy atom. The van der Waals surface area contributed by atoms with Gasteiger partial charge in [0.15, 0.2) is 10.8 Å². The summed E-state index contributed by atoms with van der Waals surface area (Å²) in [5.74, 6) is 1.29. The maximum atomic E-state index is 12.2. The molecule has 0 saturated carbocycles. The summed E-state index contributed by atoms with van der Waals surface area (Å²) in [5.41, 5.74) is 3.80. The van der Waals surface area contributed by atoms with Gasteiger partial charge in [0.1, 0.15) is 0 Å². The van der Waals surface area contributed by atoms with Gasteiger partial charge in [-0.05, 0) is 13.8 Å². The third-order valence-electron chi connectivity index (χ3n) is 3.77. The molecule has 3 aromatic heterocycles. The van der Waals surface area contributed by atoms with Crippen molar-refractivity contribution >= 4 is 28.1 Å². The van der Waals surface area contributed by atoms with Gasteiger partial charge < -0.3 is 0 Å². The Labute approximate surface area is 152 Å². The number of fused-ring (bicyclic) bond motifs is 1. The van der Waals surface area contributed by atoms with Crippen molar-refractivity contribution in [2.75, 3.05) is 0 Å². The van der Waals surface area contributed by atoms with E-state index in [1.54, 1.807) is 10.5 Å². The summed E-state index contributed by atoms with van der Waals surface area (Å²) in [4.78, 5) is 22.0. The van der Waals surface area contributed by atoms with Crippen LogP contribution < -0.4 is 5.56 Å². The highest BCUT2D eigenvalue weighted by atomic mass is 32.2. The molecule has 0 aliphatic carbocycles. The van der Waals surface area contributed by atoms with Gasteiger partial charge in [-0.2, -0.15) is 0 Å². The predicted octanol–water partition coefficient (Wildman–Crippen LogP) is 3.45. The van der Waals surface area contributed by atoms with Crippen LogP contribution in [0.3, 0.4) is 0 Å². The number of rotatable bonds is 4. The fourth-order valence-corrected chi connectivity index (χ4v) is 4.05. The third-order valence-corrected chi connectivity index (χ3v) is 5.59. The lowest BCUT2D eigenvalue weighted by Crippen LogP contribution is -2.14. The molecular formula is C17H15N5OS2. The molecule has 0 unspecified atom stereocenters. The first kappa shape index (κ1) is 16.0. The second-order valence-corrected chi connectivity index (χ2v) is 7.48. The first-order valence-electron chi connectivity index (χ1n) is 7.69. The SMILES string of the molecule is Cc1ccc(-c2nc(SCc3cc(=O)n4c(C)csc4n3)n[nH]2)cc1. The molecule has 0 atom stereocenters. The summed E-state index contributed by atoms with van der Waals surface area (Å²) in [6.45, 7) is 3.95. The number of hydrogen-bond acceptors (Lipinski definition) is 6. The first-order chi connectivity index (χ1) is 12.1. The fraction of sp³-hybridized carbons (Fsp3) is 0.176. The van der Waals surface area contributed by atoms with Crippen LogP contribution in [0.2, 0.25) is 0 Å². The number of aromatic nitrogens is 5. The summed E-state index contributed by atoms with van der Waals surface area (Å²) in [5, 5.41) is 9.77. The van der Waals surface area contributed by atoms with E-state index in [0.717, 1.165) is 27.7 Å². The molecule has 3 heterocycles. The van der Waals surface area contributed by atoms with E-state index in [4.69, 9.17) is 0 Å². The van der Waals surface area contributed by atoms with Crippen LogP contribution in [-0.2, 0) is 5.75 Å². The minimum absolute atomic E-state index is 0.0466. The molecule has 0 fully saturated rings. The fourth-order valence-electron chi connectivity index (χ4n) is 2.46. The van der Waals surface area contributed by atoms with Crippen molar-refractivity contribution in [2.45, 2.75) is 24.8 Å². The van der Waals surface area contributed by atoms with E-state index >= 15 is 0 Å². The van der Waals surface area contributed by atoms with E-state index < -0.39 is 0 Å². The minimum atomic E-state index is -0.0466. The highest BCUT2D eigenvalue weighted by Gasteiger charge is 2.10. The molecule has 4 rings (SSSR count). The summed E-state index contributed by atoms with van der Waals surface area (Å²) >= 11 is 2.93. The highest BCUT2D eigenvalue weighted by Crippen LogP contribution is 2.22. The number of aryl methyl sites for hydroxylation is 2. The minimum Gasteiger partial charge on any atom is -0.269 e. The third kappa shape index (κ3) is 3.22. The molecule has 0 bridgehead atoms. The first-order valence-corrected chi connectivity index (χ1v) is 9.56. The zero-order valence-corrected chi connectivity index (χ0v) is 15.3. The smallest absolute Gasteiger partial charge is 0.258 e. The van der Waals surface area contributed by atoms with E-state index in [2.05, 4.69) is 20.2 Å². The second kappa shape index (κ2) is 6.45. The normalized spacial score (nSPS) is 11.3. The number of hydrogen-bond donors (Lipinski definition) is 1. The quantitative estimate of drug-likeness (QED) is 0.558. The van der Waals surface area contributed by atoms with Crippen molar-refractivity contribution < 1.29 is 0 Å². The van der Waals surface area contributed by atoms with Gasteiger partial charge in [-0.3, -0.25) is 14.3 Å². The van der Waals surface area contributed by atoms with Crippen LogP contribution in [0, 0.1) is 13.8 Å². The molecule has 0 amide bonds. The van der Waals surface area contributed by atoms with Crippen LogP contribution in [0.4, 0.5) is 0 Å². The van der Waals surface area contributed by atoms with Crippen molar-refractivity contribution in [1.29, 1.82) is 0 Å². The molecule has 25 heavy (non-hydrogen) atoms. The molecule has 4 aromatic rings. The molecule has 1 aromatic carbocycles. The van der Waals surface area contributed by atoms with Gasteiger partial charge in [0.05, 0.1) is 5.69 Å². The number of nitrogens with zero attached hydrogens (tertiary/aromatic N) is 4. The maximum absolute atomic E-state index is 12.2. The van der Waals surface area contributed by atoms with Gasteiger partial charge in [0.2, 0.25) is 5.16 Å². The number of benzene rings is 1. The molecule has 0 aliphatic rings. The number of thiazole rings is 1. The molecule has 0 aliphatic heterocycles. The Morgan fingerprint density at radius 1 is 1.20 bits per heavy atom. The molecule has 6 nitrogen and oxygen atoms in total. The zero-order chi connectivity index (χ0) is 17.4. The predicted molar refractivity (Wildman–Crippen MR) is 100 cm³/mol. The Morgan fingerprint density at radius 2 is 2.00 bits per heavy atom. The topological polar surface area (TPSA) is 75.9 Å². The van der Waals surface area contributed by atoms with E-state index in [1.165, 1.54) is 28.7 Å². The summed E-state index contributed by atoms with van der Waals surface area (Å²) < 4.78 is 1.63. The van der Waals surface area contributed by atoms with Crippen LogP contribution in [-0.4, -0.2) is 24.6 Å². The molecular weight excluding hydrogens is 354 g/mol. The summed E-state index contributed by atoms with van der Waals surface area (Å²) in [6.07, 6.45) is 0. The van der Waals surface area contributed by atoms with Gasteiger partial charge in [0.25, 0.3) is 5.56 Å². The maximum Gasteiger partial charge on any atom is 0.258 e. The van der Waals surface area contributed by atoms with E-state index in [9.17, 15) is 4.79 Å². The highest BCUT2D eigenvalue weighted by molar-refractivity contribution is 7.98. The van der Waals surface area contributed by atoms with Crippen molar-refractivity contribution in [3.8, 4) is 11.4 Å². The van der Waals surface area contributed by atoms with Gasteiger partial charge >= 0.3 is 0 Å². The largest absolute Gasteiger partial charge is 0.269 e. The second-order valence-electron chi connectivity index (χ2n) is 5.70. The zero-order valence-electron chi connectivity index (χ0n) is 13.7. The van der Waals surface area contributed by atoms with Gasteiger partial charge in [-0.25, -0.2) is 9.97 Å². The Balaban J connectivity index is 1.52. The summed E-state index contributed by atoms with van der Waals surface area (Å²) in [7, 11) is 0. The Bertz CT molecular complexity index is 1090. The van der Waals surface area contributed by atoms with E-state index in [-0.39, 0.29) is 5.56 Å².